The Balaban J connectivity index is 0.00000162. The van der Waals surface area contributed by atoms with E-state index in [1.165, 1.54) is 0 Å². The number of aliphatic hydroxyl groups excluding tert-OH is 1. The van der Waals surface area contributed by atoms with Crippen LogP contribution < -0.4 is 12.4 Å². The number of rotatable bonds is 3. The number of nitro benzene ring substituents is 1. The summed E-state index contributed by atoms with van der Waals surface area (Å²) in [5.74, 6) is 0. The van der Waals surface area contributed by atoms with Crippen molar-refractivity contribution in [3.8, 4) is 0 Å². The van der Waals surface area contributed by atoms with Gasteiger partial charge in [-0.3, -0.25) is 10.1 Å². The number of nitrogens with zero attached hydrogens (tertiary/aromatic N) is 2. The van der Waals surface area contributed by atoms with Crippen LogP contribution >= 0.6 is 0 Å². The highest BCUT2D eigenvalue weighted by Crippen LogP contribution is 2.26. The van der Waals surface area contributed by atoms with Crippen molar-refractivity contribution < 1.29 is 26.9 Å². The van der Waals surface area contributed by atoms with E-state index in [0.717, 1.165) is 41.7 Å². The van der Waals surface area contributed by atoms with Crippen LogP contribution in [0.5, 0.6) is 0 Å². The average molecular weight is 273 g/mol. The smallest absolute Gasteiger partial charge is 0.269 e. The van der Waals surface area contributed by atoms with Gasteiger partial charge in [0, 0.05) is 24.1 Å². The Kier molecular flexibility index (Phi) is 4.67. The van der Waals surface area contributed by atoms with Crippen LogP contribution in [0, 0.1) is 10.1 Å². The van der Waals surface area contributed by atoms with Crippen LogP contribution in [0.2, 0.25) is 0 Å². The molecule has 0 radical (unpaired) electrons. The maximum absolute atomic E-state index is 10.7. The second-order valence-corrected chi connectivity index (χ2v) is 4.91. The van der Waals surface area contributed by atoms with Crippen LogP contribution in [0.4, 0.5) is 5.69 Å². The molecule has 1 aliphatic heterocycles. The summed E-state index contributed by atoms with van der Waals surface area (Å²) in [5.41, 5.74) is 2.41. The molecule has 0 saturated carbocycles. The summed E-state index contributed by atoms with van der Waals surface area (Å²) in [4.78, 5) is 10.3. The Morgan fingerprint density at radius 1 is 1.44 bits per heavy atom. The molecule has 100 valence electrons. The SMILES string of the molecule is C[N+]1(CCO)CCc2cc([N+](=O)[O-])ccc2C1.[Cl-]. The molecular formula is C12H17ClN2O3. The lowest BCUT2D eigenvalue weighted by atomic mass is 9.97. The van der Waals surface area contributed by atoms with Gasteiger partial charge in [-0.2, -0.15) is 0 Å². The van der Waals surface area contributed by atoms with Gasteiger partial charge in [-0.1, -0.05) is 0 Å². The second-order valence-electron chi connectivity index (χ2n) is 4.91. The summed E-state index contributed by atoms with van der Waals surface area (Å²) < 4.78 is 0.807. The van der Waals surface area contributed by atoms with Crippen molar-refractivity contribution in [3.63, 3.8) is 0 Å². The largest absolute Gasteiger partial charge is 1.00 e. The van der Waals surface area contributed by atoms with E-state index in [1.807, 2.05) is 6.07 Å². The van der Waals surface area contributed by atoms with E-state index in [1.54, 1.807) is 12.1 Å². The number of aliphatic hydroxyl groups is 1. The van der Waals surface area contributed by atoms with Gasteiger partial charge in [0.05, 0.1) is 25.1 Å². The van der Waals surface area contributed by atoms with E-state index in [4.69, 9.17) is 5.11 Å². The van der Waals surface area contributed by atoms with Crippen molar-refractivity contribution in [1.29, 1.82) is 0 Å². The van der Waals surface area contributed by atoms with Gasteiger partial charge in [0.25, 0.3) is 5.69 Å². The molecule has 1 N–H and O–H groups in total. The third kappa shape index (κ3) is 2.98. The summed E-state index contributed by atoms with van der Waals surface area (Å²) >= 11 is 0. The number of halogens is 1. The van der Waals surface area contributed by atoms with Crippen LogP contribution in [-0.2, 0) is 13.0 Å². The van der Waals surface area contributed by atoms with Crippen molar-refractivity contribution in [1.82, 2.24) is 0 Å². The van der Waals surface area contributed by atoms with Crippen molar-refractivity contribution >= 4 is 5.69 Å². The number of benzene rings is 1. The predicted octanol–water partition coefficient (Wildman–Crippen LogP) is -1.91. The lowest BCUT2D eigenvalue weighted by molar-refractivity contribution is -0.924. The third-order valence-corrected chi connectivity index (χ3v) is 3.51. The maximum atomic E-state index is 10.7. The summed E-state index contributed by atoms with van der Waals surface area (Å²) in [7, 11) is 2.11. The van der Waals surface area contributed by atoms with Crippen LogP contribution in [0.1, 0.15) is 11.1 Å². The lowest BCUT2D eigenvalue weighted by Crippen LogP contribution is -3.00. The molecule has 0 saturated heterocycles. The number of hydrogen-bond acceptors (Lipinski definition) is 3. The minimum atomic E-state index is -0.351. The zero-order chi connectivity index (χ0) is 12.5. The van der Waals surface area contributed by atoms with Crippen LogP contribution in [0.3, 0.4) is 0 Å². The van der Waals surface area contributed by atoms with E-state index >= 15 is 0 Å². The maximum Gasteiger partial charge on any atom is 0.269 e. The number of nitro groups is 1. The zero-order valence-corrected chi connectivity index (χ0v) is 11.1. The van der Waals surface area contributed by atoms with Gasteiger partial charge in [-0.15, -0.1) is 0 Å². The highest BCUT2D eigenvalue weighted by molar-refractivity contribution is 5.40. The summed E-state index contributed by atoms with van der Waals surface area (Å²) in [5, 5.41) is 19.7. The predicted molar refractivity (Wildman–Crippen MR) is 63.5 cm³/mol. The van der Waals surface area contributed by atoms with E-state index in [0.29, 0.717) is 0 Å². The molecule has 0 aromatic heterocycles. The molecular weight excluding hydrogens is 256 g/mol. The first-order chi connectivity index (χ1) is 8.04. The molecule has 1 heterocycles. The first-order valence-corrected chi connectivity index (χ1v) is 5.75. The van der Waals surface area contributed by atoms with Crippen molar-refractivity contribution in [2.24, 2.45) is 0 Å². The number of hydrogen-bond donors (Lipinski definition) is 1. The molecule has 0 aliphatic carbocycles. The van der Waals surface area contributed by atoms with Crippen LogP contribution in [-0.4, -0.2) is 41.3 Å². The van der Waals surface area contributed by atoms with Gasteiger partial charge >= 0.3 is 0 Å². The number of non-ortho nitro benzene ring substituents is 1. The fraction of sp³-hybridized carbons (Fsp3) is 0.500. The second kappa shape index (κ2) is 5.65. The molecule has 2 rings (SSSR count). The number of quaternary nitrogens is 1. The van der Waals surface area contributed by atoms with E-state index in [-0.39, 0.29) is 29.6 Å². The molecule has 1 atom stereocenters. The van der Waals surface area contributed by atoms with Crippen LogP contribution in [0.15, 0.2) is 18.2 Å². The normalized spacial score (nSPS) is 21.9. The van der Waals surface area contributed by atoms with Gasteiger partial charge in [0.1, 0.15) is 13.1 Å². The molecule has 6 heteroatoms. The Bertz CT molecular complexity index is 453. The summed E-state index contributed by atoms with van der Waals surface area (Å²) in [6.07, 6.45) is 0.841. The van der Waals surface area contributed by atoms with Gasteiger partial charge in [-0.05, 0) is 11.6 Å². The van der Waals surface area contributed by atoms with Gasteiger partial charge < -0.3 is 22.0 Å². The Hall–Kier alpha value is -1.17. The molecule has 1 aromatic carbocycles. The topological polar surface area (TPSA) is 63.4 Å². The molecule has 1 aromatic rings. The zero-order valence-electron chi connectivity index (χ0n) is 10.3. The minimum Gasteiger partial charge on any atom is -1.00 e. The van der Waals surface area contributed by atoms with Gasteiger partial charge in [0.15, 0.2) is 0 Å². The van der Waals surface area contributed by atoms with Gasteiger partial charge in [-0.25, -0.2) is 0 Å². The minimum absolute atomic E-state index is 0. The first-order valence-electron chi connectivity index (χ1n) is 5.75. The van der Waals surface area contributed by atoms with Crippen molar-refractivity contribution in [3.05, 3.63) is 39.4 Å². The standard InChI is InChI=1S/C12H17N2O3.ClH/c1-14(6-7-15)5-4-10-8-12(13(16)17)3-2-11(10)9-14;/h2-3,8,15H,4-7,9H2,1H3;1H/q+1;/p-1. The first kappa shape index (κ1) is 14.9. The monoisotopic (exact) mass is 272 g/mol. The number of fused-ring (bicyclic) bond motifs is 1. The lowest BCUT2D eigenvalue weighted by Gasteiger charge is -2.38. The van der Waals surface area contributed by atoms with E-state index in [9.17, 15) is 10.1 Å². The van der Waals surface area contributed by atoms with Crippen molar-refractivity contribution in [2.75, 3.05) is 26.7 Å². The number of likely N-dealkylation sites (N-methyl/N-ethyl adjacent to an activating group) is 1. The van der Waals surface area contributed by atoms with E-state index < -0.39 is 0 Å². The Morgan fingerprint density at radius 3 is 2.78 bits per heavy atom. The molecule has 0 fully saturated rings. The molecule has 5 nitrogen and oxygen atoms in total. The van der Waals surface area contributed by atoms with Crippen LogP contribution in [0.25, 0.3) is 0 Å². The summed E-state index contributed by atoms with van der Waals surface area (Å²) in [6.45, 7) is 2.68. The fourth-order valence-corrected chi connectivity index (χ4v) is 2.43. The third-order valence-electron chi connectivity index (χ3n) is 3.51. The molecule has 0 spiro atoms. The molecule has 1 aliphatic rings. The molecule has 0 amide bonds. The molecule has 1 unspecified atom stereocenters. The highest BCUT2D eigenvalue weighted by atomic mass is 35.5. The van der Waals surface area contributed by atoms with Gasteiger partial charge in [0.2, 0.25) is 0 Å². The Morgan fingerprint density at radius 2 is 2.17 bits per heavy atom. The fourth-order valence-electron chi connectivity index (χ4n) is 2.43. The molecule has 18 heavy (non-hydrogen) atoms. The average Bonchev–Trinajstić information content (AvgIpc) is 2.28. The summed E-state index contributed by atoms with van der Waals surface area (Å²) in [6, 6.07) is 5.09. The van der Waals surface area contributed by atoms with E-state index in [2.05, 4.69) is 7.05 Å². The Labute approximate surface area is 112 Å². The van der Waals surface area contributed by atoms with Crippen molar-refractivity contribution in [2.45, 2.75) is 13.0 Å². The highest BCUT2D eigenvalue weighted by Gasteiger charge is 2.28. The quantitative estimate of drug-likeness (QED) is 0.397. The molecule has 0 bridgehead atoms.